The molecule has 2 aromatic carbocycles. The molecule has 2 aromatic heterocycles. The molecular weight excluding hydrogens is 360 g/mol. The van der Waals surface area contributed by atoms with E-state index in [4.69, 9.17) is 0 Å². The minimum atomic E-state index is 0.0646. The molecule has 4 aromatic rings. The zero-order valence-electron chi connectivity index (χ0n) is 16.0. The molecular formula is C24H22N4O. The van der Waals surface area contributed by atoms with Gasteiger partial charge in [-0.05, 0) is 53.8 Å². The van der Waals surface area contributed by atoms with E-state index >= 15 is 0 Å². The van der Waals surface area contributed by atoms with Gasteiger partial charge in [-0.1, -0.05) is 42.5 Å². The molecule has 1 fully saturated rings. The second-order valence-corrected chi connectivity index (χ2v) is 7.48. The fourth-order valence-electron chi connectivity index (χ4n) is 3.48. The topological polar surface area (TPSA) is 69.8 Å². The minimum absolute atomic E-state index is 0.0646. The highest BCUT2D eigenvalue weighted by Crippen LogP contribution is 2.33. The van der Waals surface area contributed by atoms with Crippen LogP contribution in [0.15, 0.2) is 72.9 Å². The summed E-state index contributed by atoms with van der Waals surface area (Å²) in [7, 11) is 0. The lowest BCUT2D eigenvalue weighted by Crippen LogP contribution is -2.14. The maximum Gasteiger partial charge on any atom is 0.228 e. The summed E-state index contributed by atoms with van der Waals surface area (Å²) < 4.78 is 0. The lowest BCUT2D eigenvalue weighted by atomic mass is 10.0. The monoisotopic (exact) mass is 382 g/mol. The van der Waals surface area contributed by atoms with Crippen LogP contribution >= 0.6 is 0 Å². The number of carbonyl (C=O) groups excluding carboxylic acids is 1. The van der Waals surface area contributed by atoms with Crippen LogP contribution in [0.25, 0.3) is 22.2 Å². The number of nitrogens with one attached hydrogen (secondary N) is 3. The van der Waals surface area contributed by atoms with Gasteiger partial charge in [-0.25, -0.2) is 4.98 Å². The molecule has 0 spiro atoms. The van der Waals surface area contributed by atoms with Crippen LogP contribution in [0.2, 0.25) is 0 Å². The van der Waals surface area contributed by atoms with Gasteiger partial charge >= 0.3 is 0 Å². The number of hydrogen-bond acceptors (Lipinski definition) is 3. The summed E-state index contributed by atoms with van der Waals surface area (Å²) in [4.78, 5) is 19.9. The highest BCUT2D eigenvalue weighted by Gasteiger charge is 2.30. The second kappa shape index (κ2) is 7.43. The Labute approximate surface area is 169 Å². The molecule has 144 valence electrons. The first-order valence-corrected chi connectivity index (χ1v) is 9.93. The van der Waals surface area contributed by atoms with Crippen molar-refractivity contribution in [2.75, 3.05) is 10.6 Å². The molecule has 1 amide bonds. The Morgan fingerprint density at radius 3 is 2.59 bits per heavy atom. The van der Waals surface area contributed by atoms with E-state index in [0.29, 0.717) is 5.82 Å². The Balaban J connectivity index is 1.39. The molecule has 0 aliphatic heterocycles. The molecule has 0 radical (unpaired) electrons. The van der Waals surface area contributed by atoms with Crippen molar-refractivity contribution in [1.29, 1.82) is 0 Å². The van der Waals surface area contributed by atoms with E-state index in [1.165, 1.54) is 5.56 Å². The van der Waals surface area contributed by atoms with Crippen LogP contribution in [-0.4, -0.2) is 15.9 Å². The molecule has 1 aliphatic rings. The first kappa shape index (κ1) is 17.5. The number of fused-ring (bicyclic) bond motifs is 1. The molecule has 5 rings (SSSR count). The largest absolute Gasteiger partial charge is 0.381 e. The molecule has 1 aliphatic carbocycles. The Hall–Kier alpha value is -3.60. The van der Waals surface area contributed by atoms with Gasteiger partial charge in [0.2, 0.25) is 5.91 Å². The van der Waals surface area contributed by atoms with Gasteiger partial charge in [0.15, 0.2) is 0 Å². The molecule has 5 nitrogen and oxygen atoms in total. The fourth-order valence-corrected chi connectivity index (χ4v) is 3.48. The highest BCUT2D eigenvalue weighted by molar-refractivity contribution is 5.99. The fraction of sp³-hybridized carbons (Fsp3) is 0.167. The molecule has 0 unspecified atom stereocenters. The summed E-state index contributed by atoms with van der Waals surface area (Å²) in [5, 5.41) is 7.46. The van der Waals surface area contributed by atoms with Gasteiger partial charge in [-0.15, -0.1) is 0 Å². The number of rotatable bonds is 6. The lowest BCUT2D eigenvalue weighted by molar-refractivity contribution is -0.117. The van der Waals surface area contributed by atoms with Gasteiger partial charge in [0.05, 0.1) is 0 Å². The van der Waals surface area contributed by atoms with Gasteiger partial charge < -0.3 is 15.6 Å². The van der Waals surface area contributed by atoms with Crippen LogP contribution < -0.4 is 10.6 Å². The quantitative estimate of drug-likeness (QED) is 0.430. The van der Waals surface area contributed by atoms with Crippen LogP contribution in [0.1, 0.15) is 18.4 Å². The predicted octanol–water partition coefficient (Wildman–Crippen LogP) is 5.19. The van der Waals surface area contributed by atoms with Crippen molar-refractivity contribution in [1.82, 2.24) is 9.97 Å². The third-order valence-electron chi connectivity index (χ3n) is 5.26. The van der Waals surface area contributed by atoms with E-state index in [0.717, 1.165) is 47.2 Å². The average molecular weight is 382 g/mol. The van der Waals surface area contributed by atoms with Crippen molar-refractivity contribution < 1.29 is 4.79 Å². The predicted molar refractivity (Wildman–Crippen MR) is 117 cm³/mol. The summed E-state index contributed by atoms with van der Waals surface area (Å²) in [5.41, 5.74) is 5.23. The molecule has 0 atom stereocenters. The van der Waals surface area contributed by atoms with Crippen molar-refractivity contribution in [3.8, 4) is 11.1 Å². The standard InChI is InChI=1S/C24H22N4O/c29-24(18-6-7-18)28-22-14-21(20-12-13-25-23(20)27-22)17-8-10-19(11-9-17)26-15-16-4-2-1-3-5-16/h1-5,8-14,18,26H,6-7,15H2,(H2,25,27,28,29). The highest BCUT2D eigenvalue weighted by atomic mass is 16.2. The third kappa shape index (κ3) is 3.85. The van der Waals surface area contributed by atoms with E-state index in [1.54, 1.807) is 0 Å². The smallest absolute Gasteiger partial charge is 0.228 e. The van der Waals surface area contributed by atoms with Crippen molar-refractivity contribution in [3.63, 3.8) is 0 Å². The van der Waals surface area contributed by atoms with Gasteiger partial charge in [0.1, 0.15) is 11.5 Å². The molecule has 1 saturated carbocycles. The SMILES string of the molecule is O=C(Nc1cc(-c2ccc(NCc3ccccc3)cc2)c2cc[nH]c2n1)C1CC1. The summed E-state index contributed by atoms with van der Waals surface area (Å²) >= 11 is 0. The number of nitrogens with zero attached hydrogens (tertiary/aromatic N) is 1. The van der Waals surface area contributed by atoms with E-state index in [9.17, 15) is 4.79 Å². The first-order chi connectivity index (χ1) is 14.3. The number of amides is 1. The Morgan fingerprint density at radius 2 is 1.83 bits per heavy atom. The lowest BCUT2D eigenvalue weighted by Gasteiger charge is -2.10. The molecule has 0 bridgehead atoms. The Kier molecular flexibility index (Phi) is 4.48. The normalized spacial score (nSPS) is 13.4. The van der Waals surface area contributed by atoms with Gasteiger partial charge in [-0.2, -0.15) is 0 Å². The maximum atomic E-state index is 12.2. The van der Waals surface area contributed by atoms with Crippen molar-refractivity contribution in [2.24, 2.45) is 5.92 Å². The minimum Gasteiger partial charge on any atom is -0.381 e. The molecule has 5 heteroatoms. The van der Waals surface area contributed by atoms with Gasteiger partial charge in [-0.3, -0.25) is 4.79 Å². The van der Waals surface area contributed by atoms with Gasteiger partial charge in [0.25, 0.3) is 0 Å². The second-order valence-electron chi connectivity index (χ2n) is 7.48. The Morgan fingerprint density at radius 1 is 1.03 bits per heavy atom. The van der Waals surface area contributed by atoms with E-state index in [-0.39, 0.29) is 11.8 Å². The number of benzene rings is 2. The summed E-state index contributed by atoms with van der Waals surface area (Å²) in [6.45, 7) is 0.787. The molecule has 29 heavy (non-hydrogen) atoms. The molecule has 0 saturated heterocycles. The van der Waals surface area contributed by atoms with Gasteiger partial charge in [0, 0.05) is 29.7 Å². The van der Waals surface area contributed by atoms with E-state index in [1.807, 2.05) is 36.5 Å². The van der Waals surface area contributed by atoms with Crippen LogP contribution in [0, 0.1) is 5.92 Å². The zero-order chi connectivity index (χ0) is 19.6. The van der Waals surface area contributed by atoms with Crippen LogP contribution in [-0.2, 0) is 11.3 Å². The summed E-state index contributed by atoms with van der Waals surface area (Å²) in [6.07, 6.45) is 3.82. The number of anilines is 2. The van der Waals surface area contributed by atoms with E-state index in [2.05, 4.69) is 57.0 Å². The summed E-state index contributed by atoms with van der Waals surface area (Å²) in [6, 6.07) is 22.7. The average Bonchev–Trinajstić information content (AvgIpc) is 3.51. The van der Waals surface area contributed by atoms with Crippen molar-refractivity contribution in [2.45, 2.75) is 19.4 Å². The van der Waals surface area contributed by atoms with Crippen molar-refractivity contribution >= 4 is 28.4 Å². The third-order valence-corrected chi connectivity index (χ3v) is 5.26. The summed E-state index contributed by atoms with van der Waals surface area (Å²) in [5.74, 6) is 0.808. The first-order valence-electron chi connectivity index (χ1n) is 9.93. The Bertz CT molecular complexity index is 1140. The number of aromatic amines is 1. The number of hydrogen-bond donors (Lipinski definition) is 3. The molecule has 2 heterocycles. The maximum absolute atomic E-state index is 12.2. The van der Waals surface area contributed by atoms with Crippen molar-refractivity contribution in [3.05, 3.63) is 78.5 Å². The van der Waals surface area contributed by atoms with Crippen LogP contribution in [0.5, 0.6) is 0 Å². The molecule has 3 N–H and O–H groups in total. The number of H-pyrrole nitrogens is 1. The van der Waals surface area contributed by atoms with Crippen LogP contribution in [0.4, 0.5) is 11.5 Å². The van der Waals surface area contributed by atoms with Crippen LogP contribution in [0.3, 0.4) is 0 Å². The number of carbonyl (C=O) groups is 1. The van der Waals surface area contributed by atoms with E-state index < -0.39 is 0 Å². The number of aromatic nitrogens is 2. The zero-order valence-corrected chi connectivity index (χ0v) is 16.0. The number of pyridine rings is 1.